The summed E-state index contributed by atoms with van der Waals surface area (Å²) in [6.45, 7) is 8.15. The number of hydrogen-bond acceptors (Lipinski definition) is 4. The van der Waals surface area contributed by atoms with Crippen LogP contribution in [-0.2, 0) is 0 Å². The summed E-state index contributed by atoms with van der Waals surface area (Å²) in [6, 6.07) is 0.322. The zero-order valence-electron chi connectivity index (χ0n) is 11.6. The topological polar surface area (TPSA) is 59.1 Å². The molecule has 98 valence electrons. The van der Waals surface area contributed by atoms with Crippen molar-refractivity contribution in [3.63, 3.8) is 0 Å². The van der Waals surface area contributed by atoms with Gasteiger partial charge in [0.1, 0.15) is 5.82 Å². The Labute approximate surface area is 104 Å². The van der Waals surface area contributed by atoms with Crippen molar-refractivity contribution in [3.05, 3.63) is 5.69 Å². The van der Waals surface area contributed by atoms with Crippen LogP contribution in [0, 0.1) is 6.92 Å². The van der Waals surface area contributed by atoms with Gasteiger partial charge in [-0.3, -0.25) is 0 Å². The van der Waals surface area contributed by atoms with Gasteiger partial charge in [0.25, 0.3) is 0 Å². The molecule has 0 bridgehead atoms. The lowest BCUT2D eigenvalue weighted by Gasteiger charge is -2.14. The number of hydrogen-bond donors (Lipinski definition) is 2. The molecule has 17 heavy (non-hydrogen) atoms. The highest BCUT2D eigenvalue weighted by Crippen LogP contribution is 2.25. The van der Waals surface area contributed by atoms with E-state index >= 15 is 0 Å². The number of nitrogens with zero attached hydrogens (tertiary/aromatic N) is 3. The fraction of sp³-hybridized carbons (Fsp3) is 0.750. The lowest BCUT2D eigenvalue weighted by atomic mass is 10.3. The molecule has 0 atom stereocenters. The average Bonchev–Trinajstić information content (AvgIpc) is 2.51. The van der Waals surface area contributed by atoms with Crippen LogP contribution in [0.25, 0.3) is 0 Å². The molecule has 0 spiro atoms. The van der Waals surface area contributed by atoms with Gasteiger partial charge in [0, 0.05) is 12.6 Å². The molecule has 0 amide bonds. The number of anilines is 2. The van der Waals surface area contributed by atoms with Crippen LogP contribution in [0.2, 0.25) is 0 Å². The van der Waals surface area contributed by atoms with E-state index in [0.717, 1.165) is 36.7 Å². The first-order valence-electron chi connectivity index (χ1n) is 6.16. The number of nitrogens with one attached hydrogen (secondary N) is 1. The number of nitrogen functional groups attached to an aromatic ring is 1. The highest BCUT2D eigenvalue weighted by molar-refractivity contribution is 5.64. The van der Waals surface area contributed by atoms with E-state index < -0.39 is 0 Å². The Bertz CT molecular complexity index is 354. The van der Waals surface area contributed by atoms with Crippen LogP contribution >= 0.6 is 0 Å². The van der Waals surface area contributed by atoms with Crippen molar-refractivity contribution in [1.82, 2.24) is 14.7 Å². The normalized spacial score (nSPS) is 11.5. The summed E-state index contributed by atoms with van der Waals surface area (Å²) in [7, 11) is 4.16. The number of nitrogens with two attached hydrogens (primary N) is 1. The van der Waals surface area contributed by atoms with E-state index in [0.29, 0.717) is 6.04 Å². The number of aromatic nitrogens is 2. The van der Waals surface area contributed by atoms with Gasteiger partial charge in [-0.25, -0.2) is 4.68 Å². The largest absolute Gasteiger partial charge is 0.394 e. The molecule has 1 aromatic heterocycles. The van der Waals surface area contributed by atoms with Gasteiger partial charge in [0.15, 0.2) is 0 Å². The fourth-order valence-corrected chi connectivity index (χ4v) is 1.71. The average molecular weight is 239 g/mol. The highest BCUT2D eigenvalue weighted by Gasteiger charge is 2.13. The Kier molecular flexibility index (Phi) is 4.81. The molecule has 0 aliphatic heterocycles. The van der Waals surface area contributed by atoms with Crippen molar-refractivity contribution in [2.24, 2.45) is 0 Å². The Balaban J connectivity index is 2.63. The van der Waals surface area contributed by atoms with Crippen molar-refractivity contribution in [2.45, 2.75) is 33.2 Å². The van der Waals surface area contributed by atoms with Crippen LogP contribution < -0.4 is 11.1 Å². The third-order valence-electron chi connectivity index (χ3n) is 2.70. The van der Waals surface area contributed by atoms with E-state index in [4.69, 9.17) is 5.73 Å². The Hall–Kier alpha value is -1.23. The minimum absolute atomic E-state index is 0.322. The van der Waals surface area contributed by atoms with Crippen LogP contribution in [0.5, 0.6) is 0 Å². The van der Waals surface area contributed by atoms with Crippen molar-refractivity contribution in [2.75, 3.05) is 38.2 Å². The SMILES string of the molecule is Cc1nn(C(C)C)c(NCCCN(C)C)c1N. The molecule has 0 aliphatic carbocycles. The molecule has 3 N–H and O–H groups in total. The molecule has 5 heteroatoms. The van der Waals surface area contributed by atoms with E-state index in [1.807, 2.05) is 11.6 Å². The maximum atomic E-state index is 6.03. The molecule has 0 fully saturated rings. The Morgan fingerprint density at radius 3 is 2.59 bits per heavy atom. The first-order valence-corrected chi connectivity index (χ1v) is 6.16. The first kappa shape index (κ1) is 13.8. The molecule has 0 saturated heterocycles. The maximum absolute atomic E-state index is 6.03. The standard InChI is InChI=1S/C12H25N5/c1-9(2)17-12(11(13)10(3)15-17)14-7-6-8-16(4)5/h9,14H,6-8,13H2,1-5H3. The third kappa shape index (κ3) is 3.63. The summed E-state index contributed by atoms with van der Waals surface area (Å²) in [5.41, 5.74) is 7.69. The van der Waals surface area contributed by atoms with E-state index in [9.17, 15) is 0 Å². The van der Waals surface area contributed by atoms with Gasteiger partial charge in [0.2, 0.25) is 0 Å². The predicted molar refractivity (Wildman–Crippen MR) is 73.4 cm³/mol. The summed E-state index contributed by atoms with van der Waals surface area (Å²) < 4.78 is 1.96. The minimum atomic E-state index is 0.322. The second-order valence-electron chi connectivity index (χ2n) is 4.97. The van der Waals surface area contributed by atoms with E-state index in [2.05, 4.69) is 43.3 Å². The van der Waals surface area contributed by atoms with Crippen LogP contribution in [0.3, 0.4) is 0 Å². The smallest absolute Gasteiger partial charge is 0.148 e. The summed E-state index contributed by atoms with van der Waals surface area (Å²) in [4.78, 5) is 2.18. The molecule has 0 unspecified atom stereocenters. The van der Waals surface area contributed by atoms with Gasteiger partial charge in [-0.15, -0.1) is 0 Å². The Morgan fingerprint density at radius 1 is 1.41 bits per heavy atom. The molecule has 1 heterocycles. The second kappa shape index (κ2) is 5.91. The summed E-state index contributed by atoms with van der Waals surface area (Å²) in [5, 5.41) is 7.83. The van der Waals surface area contributed by atoms with Crippen molar-refractivity contribution < 1.29 is 0 Å². The van der Waals surface area contributed by atoms with Crippen LogP contribution in [0.15, 0.2) is 0 Å². The van der Waals surface area contributed by atoms with Crippen LogP contribution in [0.1, 0.15) is 32.0 Å². The Morgan fingerprint density at radius 2 is 2.06 bits per heavy atom. The van der Waals surface area contributed by atoms with Gasteiger partial charge >= 0.3 is 0 Å². The third-order valence-corrected chi connectivity index (χ3v) is 2.70. The molecule has 1 rings (SSSR count). The zero-order valence-corrected chi connectivity index (χ0v) is 11.6. The van der Waals surface area contributed by atoms with Gasteiger partial charge in [-0.2, -0.15) is 5.10 Å². The lowest BCUT2D eigenvalue weighted by Crippen LogP contribution is -2.18. The molecular weight excluding hydrogens is 214 g/mol. The van der Waals surface area contributed by atoms with Crippen LogP contribution in [0.4, 0.5) is 11.5 Å². The molecule has 5 nitrogen and oxygen atoms in total. The highest BCUT2D eigenvalue weighted by atomic mass is 15.4. The van der Waals surface area contributed by atoms with Gasteiger partial charge < -0.3 is 16.0 Å². The summed E-state index contributed by atoms with van der Waals surface area (Å²) in [5.74, 6) is 0.955. The molecule has 0 aromatic carbocycles. The fourth-order valence-electron chi connectivity index (χ4n) is 1.71. The van der Waals surface area contributed by atoms with Gasteiger partial charge in [-0.1, -0.05) is 0 Å². The van der Waals surface area contributed by atoms with Crippen molar-refractivity contribution >= 4 is 11.5 Å². The van der Waals surface area contributed by atoms with E-state index in [1.165, 1.54) is 0 Å². The lowest BCUT2D eigenvalue weighted by molar-refractivity contribution is 0.405. The molecule has 0 radical (unpaired) electrons. The van der Waals surface area contributed by atoms with Crippen molar-refractivity contribution in [3.8, 4) is 0 Å². The monoisotopic (exact) mass is 239 g/mol. The molecule has 0 saturated carbocycles. The predicted octanol–water partition coefficient (Wildman–Crippen LogP) is 1.72. The first-order chi connectivity index (χ1) is 7.93. The molecular formula is C12H25N5. The summed E-state index contributed by atoms with van der Waals surface area (Å²) >= 11 is 0. The quantitative estimate of drug-likeness (QED) is 0.742. The summed E-state index contributed by atoms with van der Waals surface area (Å²) in [6.07, 6.45) is 1.09. The maximum Gasteiger partial charge on any atom is 0.148 e. The zero-order chi connectivity index (χ0) is 13.0. The van der Waals surface area contributed by atoms with Crippen molar-refractivity contribution in [1.29, 1.82) is 0 Å². The van der Waals surface area contributed by atoms with E-state index in [1.54, 1.807) is 0 Å². The number of aryl methyl sites for hydroxylation is 1. The van der Waals surface area contributed by atoms with Gasteiger partial charge in [0.05, 0.1) is 11.4 Å². The van der Waals surface area contributed by atoms with E-state index in [-0.39, 0.29) is 0 Å². The van der Waals surface area contributed by atoms with Gasteiger partial charge in [-0.05, 0) is 47.8 Å². The number of rotatable bonds is 6. The molecule has 0 aliphatic rings. The minimum Gasteiger partial charge on any atom is -0.394 e. The second-order valence-corrected chi connectivity index (χ2v) is 4.97. The van der Waals surface area contributed by atoms with Crippen LogP contribution in [-0.4, -0.2) is 41.9 Å². The molecule has 1 aromatic rings.